The summed E-state index contributed by atoms with van der Waals surface area (Å²) in [6, 6.07) is -0.461. The molecule has 0 spiro atoms. The second kappa shape index (κ2) is 6.59. The predicted octanol–water partition coefficient (Wildman–Crippen LogP) is 2.28. The largest absolute Gasteiger partial charge is 0.480 e. The molecule has 5 nitrogen and oxygen atoms in total. The Hall–Kier alpha value is -1.52. The van der Waals surface area contributed by atoms with Gasteiger partial charge in [-0.05, 0) is 44.9 Å². The minimum Gasteiger partial charge on any atom is -0.480 e. The fraction of sp³-hybridized carbons (Fsp3) is 0.714. The Morgan fingerprint density at radius 3 is 2.53 bits per heavy atom. The molecule has 1 fully saturated rings. The first-order valence-electron chi connectivity index (χ1n) is 6.82. The minimum atomic E-state index is -1.11. The van der Waals surface area contributed by atoms with E-state index in [9.17, 15) is 14.7 Å². The third kappa shape index (κ3) is 4.26. The number of amides is 2. The van der Waals surface area contributed by atoms with Crippen molar-refractivity contribution in [3.05, 3.63) is 12.7 Å². The monoisotopic (exact) mass is 268 g/mol. The van der Waals surface area contributed by atoms with Gasteiger partial charge in [0.1, 0.15) is 5.54 Å². The molecule has 0 aliphatic heterocycles. The van der Waals surface area contributed by atoms with Gasteiger partial charge in [0.25, 0.3) is 0 Å². The number of carbonyl (C=O) groups excluding carboxylic acids is 1. The van der Waals surface area contributed by atoms with Crippen LogP contribution in [0, 0.1) is 5.92 Å². The molecule has 0 aromatic heterocycles. The van der Waals surface area contributed by atoms with Crippen LogP contribution in [0.2, 0.25) is 0 Å². The van der Waals surface area contributed by atoms with E-state index in [2.05, 4.69) is 24.1 Å². The van der Waals surface area contributed by atoms with Crippen LogP contribution in [0.15, 0.2) is 12.7 Å². The van der Waals surface area contributed by atoms with E-state index in [1.54, 1.807) is 6.08 Å². The van der Waals surface area contributed by atoms with Gasteiger partial charge >= 0.3 is 12.0 Å². The molecular formula is C14H24N2O3. The molecule has 0 heterocycles. The number of hydrogen-bond donors (Lipinski definition) is 3. The van der Waals surface area contributed by atoms with Crippen molar-refractivity contribution in [1.29, 1.82) is 0 Å². The van der Waals surface area contributed by atoms with E-state index in [4.69, 9.17) is 0 Å². The third-order valence-electron chi connectivity index (χ3n) is 3.79. The molecule has 108 valence electrons. The summed E-state index contributed by atoms with van der Waals surface area (Å²) >= 11 is 0. The van der Waals surface area contributed by atoms with Crippen molar-refractivity contribution in [2.45, 2.75) is 57.5 Å². The Labute approximate surface area is 114 Å². The van der Waals surface area contributed by atoms with Gasteiger partial charge in [-0.15, -0.1) is 6.58 Å². The Balaban J connectivity index is 2.61. The smallest absolute Gasteiger partial charge is 0.329 e. The molecule has 19 heavy (non-hydrogen) atoms. The molecule has 0 aromatic rings. The van der Waals surface area contributed by atoms with Gasteiger partial charge in [-0.3, -0.25) is 0 Å². The standard InChI is InChI=1S/C14H24N2O3/c1-4-5-11(3)15-13(19)16-14(12(17)18)8-6-10(2)7-9-14/h4,10-11H,1,5-9H2,2-3H3,(H,17,18)(H2,15,16,19). The number of carboxylic acids is 1. The van der Waals surface area contributed by atoms with E-state index >= 15 is 0 Å². The number of hydrogen-bond acceptors (Lipinski definition) is 2. The van der Waals surface area contributed by atoms with Crippen molar-refractivity contribution in [3.63, 3.8) is 0 Å². The molecule has 0 aromatic carbocycles. The number of nitrogens with one attached hydrogen (secondary N) is 2. The summed E-state index contributed by atoms with van der Waals surface area (Å²) in [6.45, 7) is 7.58. The molecule has 0 radical (unpaired) electrons. The first-order chi connectivity index (χ1) is 8.89. The van der Waals surface area contributed by atoms with Gasteiger partial charge in [-0.25, -0.2) is 9.59 Å². The van der Waals surface area contributed by atoms with Gasteiger partial charge in [0.05, 0.1) is 0 Å². The normalized spacial score (nSPS) is 28.2. The highest BCUT2D eigenvalue weighted by atomic mass is 16.4. The minimum absolute atomic E-state index is 0.0501. The molecular weight excluding hydrogens is 244 g/mol. The van der Waals surface area contributed by atoms with E-state index in [-0.39, 0.29) is 6.04 Å². The molecule has 3 N–H and O–H groups in total. The zero-order valence-electron chi connectivity index (χ0n) is 11.7. The Kier molecular flexibility index (Phi) is 5.39. The van der Waals surface area contributed by atoms with Crippen molar-refractivity contribution >= 4 is 12.0 Å². The summed E-state index contributed by atoms with van der Waals surface area (Å²) in [5, 5.41) is 14.8. The molecule has 1 aliphatic carbocycles. The maximum Gasteiger partial charge on any atom is 0.329 e. The number of aliphatic carboxylic acids is 1. The van der Waals surface area contributed by atoms with Gasteiger partial charge in [-0.1, -0.05) is 13.0 Å². The van der Waals surface area contributed by atoms with Crippen molar-refractivity contribution in [2.24, 2.45) is 5.92 Å². The van der Waals surface area contributed by atoms with Gasteiger partial charge in [0.2, 0.25) is 0 Å². The van der Waals surface area contributed by atoms with Crippen LogP contribution >= 0.6 is 0 Å². The van der Waals surface area contributed by atoms with E-state index in [0.717, 1.165) is 12.8 Å². The molecule has 1 saturated carbocycles. The van der Waals surface area contributed by atoms with Crippen molar-refractivity contribution in [1.82, 2.24) is 10.6 Å². The third-order valence-corrected chi connectivity index (χ3v) is 3.79. The lowest BCUT2D eigenvalue weighted by Crippen LogP contribution is -2.59. The number of urea groups is 1. The highest BCUT2D eigenvalue weighted by Crippen LogP contribution is 2.32. The van der Waals surface area contributed by atoms with Crippen LogP contribution in [0.5, 0.6) is 0 Å². The number of carbonyl (C=O) groups is 2. The highest BCUT2D eigenvalue weighted by molar-refractivity contribution is 5.86. The molecule has 0 saturated heterocycles. The summed E-state index contributed by atoms with van der Waals surface area (Å²) in [4.78, 5) is 23.3. The van der Waals surface area contributed by atoms with Crippen LogP contribution in [0.3, 0.4) is 0 Å². The van der Waals surface area contributed by atoms with Gasteiger partial charge in [0.15, 0.2) is 0 Å². The van der Waals surface area contributed by atoms with E-state index in [1.807, 2.05) is 6.92 Å². The van der Waals surface area contributed by atoms with Crippen LogP contribution in [0.1, 0.15) is 46.0 Å². The zero-order chi connectivity index (χ0) is 14.5. The average Bonchev–Trinajstić information content (AvgIpc) is 2.32. The van der Waals surface area contributed by atoms with Crippen molar-refractivity contribution in [3.8, 4) is 0 Å². The van der Waals surface area contributed by atoms with Gasteiger partial charge in [-0.2, -0.15) is 0 Å². The van der Waals surface area contributed by atoms with Crippen LogP contribution in [-0.4, -0.2) is 28.7 Å². The predicted molar refractivity (Wildman–Crippen MR) is 73.9 cm³/mol. The van der Waals surface area contributed by atoms with Crippen molar-refractivity contribution in [2.75, 3.05) is 0 Å². The Morgan fingerprint density at radius 2 is 2.05 bits per heavy atom. The summed E-state index contributed by atoms with van der Waals surface area (Å²) in [5.74, 6) is -0.414. The Morgan fingerprint density at radius 1 is 1.47 bits per heavy atom. The van der Waals surface area contributed by atoms with E-state index in [0.29, 0.717) is 25.2 Å². The van der Waals surface area contributed by atoms with E-state index < -0.39 is 17.5 Å². The molecule has 5 heteroatoms. The van der Waals surface area contributed by atoms with Gasteiger partial charge in [0, 0.05) is 6.04 Å². The van der Waals surface area contributed by atoms with Crippen LogP contribution in [0.4, 0.5) is 4.79 Å². The lowest BCUT2D eigenvalue weighted by Gasteiger charge is -2.36. The molecule has 0 bridgehead atoms. The molecule has 1 atom stereocenters. The lowest BCUT2D eigenvalue weighted by molar-refractivity contribution is -0.146. The zero-order valence-corrected chi connectivity index (χ0v) is 11.7. The average molecular weight is 268 g/mol. The summed E-state index contributed by atoms with van der Waals surface area (Å²) in [7, 11) is 0. The number of rotatable bonds is 5. The molecule has 1 rings (SSSR count). The van der Waals surface area contributed by atoms with Crippen LogP contribution < -0.4 is 10.6 Å². The fourth-order valence-corrected chi connectivity index (χ4v) is 2.43. The maximum absolute atomic E-state index is 11.9. The highest BCUT2D eigenvalue weighted by Gasteiger charge is 2.42. The van der Waals surface area contributed by atoms with E-state index in [1.165, 1.54) is 0 Å². The maximum atomic E-state index is 11.9. The quantitative estimate of drug-likeness (QED) is 0.669. The molecule has 1 aliphatic rings. The first kappa shape index (κ1) is 15.5. The second-order valence-electron chi connectivity index (χ2n) is 5.59. The fourth-order valence-electron chi connectivity index (χ4n) is 2.43. The molecule has 1 unspecified atom stereocenters. The number of carboxylic acid groups (broad SMARTS) is 1. The SMILES string of the molecule is C=CCC(C)NC(=O)NC1(C(=O)O)CCC(C)CC1. The first-order valence-corrected chi connectivity index (χ1v) is 6.82. The lowest BCUT2D eigenvalue weighted by atomic mass is 9.77. The summed E-state index contributed by atoms with van der Waals surface area (Å²) in [5.41, 5.74) is -1.11. The summed E-state index contributed by atoms with van der Waals surface area (Å²) < 4.78 is 0. The van der Waals surface area contributed by atoms with Crippen LogP contribution in [0.25, 0.3) is 0 Å². The molecule has 2 amide bonds. The Bertz CT molecular complexity index is 347. The van der Waals surface area contributed by atoms with Gasteiger partial charge < -0.3 is 15.7 Å². The second-order valence-corrected chi connectivity index (χ2v) is 5.59. The topological polar surface area (TPSA) is 78.4 Å². The summed E-state index contributed by atoms with van der Waals surface area (Å²) in [6.07, 6.45) is 5.02. The van der Waals surface area contributed by atoms with Crippen molar-refractivity contribution < 1.29 is 14.7 Å². The van der Waals surface area contributed by atoms with Crippen LogP contribution in [-0.2, 0) is 4.79 Å².